The zero-order valence-electron chi connectivity index (χ0n) is 13.8. The largest absolute Gasteiger partial charge is 0.349 e. The van der Waals surface area contributed by atoms with E-state index >= 15 is 0 Å². The molecule has 8 heteroatoms. The fourth-order valence-electron chi connectivity index (χ4n) is 1.86. The van der Waals surface area contributed by atoms with Gasteiger partial charge in [-0.25, -0.2) is 4.39 Å². The number of thioether (sulfide) groups is 2. The summed E-state index contributed by atoms with van der Waals surface area (Å²) in [5.74, 6) is 0.661. The van der Waals surface area contributed by atoms with Crippen molar-refractivity contribution in [3.05, 3.63) is 35.6 Å². The van der Waals surface area contributed by atoms with Gasteiger partial charge in [0.2, 0.25) is 5.91 Å². The van der Waals surface area contributed by atoms with E-state index < -0.39 is 0 Å². The highest BCUT2D eigenvalue weighted by Crippen LogP contribution is 2.31. The van der Waals surface area contributed by atoms with Gasteiger partial charge in [-0.3, -0.25) is 4.79 Å². The Labute approximate surface area is 154 Å². The van der Waals surface area contributed by atoms with Crippen LogP contribution in [0, 0.1) is 5.82 Å². The van der Waals surface area contributed by atoms with Crippen molar-refractivity contribution in [1.82, 2.24) is 15.5 Å². The fraction of sp³-hybridized carbons (Fsp3) is 0.438. The van der Waals surface area contributed by atoms with Gasteiger partial charge in [0.1, 0.15) is 5.82 Å². The van der Waals surface area contributed by atoms with Gasteiger partial charge in [-0.2, -0.15) is 0 Å². The maximum atomic E-state index is 13.0. The zero-order chi connectivity index (χ0) is 17.5. The van der Waals surface area contributed by atoms with Gasteiger partial charge in [-0.05, 0) is 38.0 Å². The molecule has 0 spiro atoms. The fourth-order valence-corrected chi connectivity index (χ4v) is 4.96. The summed E-state index contributed by atoms with van der Waals surface area (Å²) in [6.45, 7) is 5.85. The molecule has 2 aromatic rings. The molecule has 0 aliphatic heterocycles. The minimum absolute atomic E-state index is 0.0743. The minimum atomic E-state index is -0.283. The number of aromatic nitrogens is 2. The number of carbonyl (C=O) groups is 1. The van der Waals surface area contributed by atoms with Crippen molar-refractivity contribution in [1.29, 1.82) is 0 Å². The first-order chi connectivity index (χ1) is 11.5. The average Bonchev–Trinajstić information content (AvgIpc) is 3.00. The highest BCUT2D eigenvalue weighted by atomic mass is 32.2. The Morgan fingerprint density at radius 1 is 1.25 bits per heavy atom. The van der Waals surface area contributed by atoms with Crippen molar-refractivity contribution in [2.45, 2.75) is 47.2 Å². The summed E-state index contributed by atoms with van der Waals surface area (Å²) < 4.78 is 14.7. The third-order valence-electron chi connectivity index (χ3n) is 3.19. The van der Waals surface area contributed by atoms with Crippen molar-refractivity contribution in [2.24, 2.45) is 0 Å². The van der Waals surface area contributed by atoms with E-state index in [0.717, 1.165) is 26.4 Å². The van der Waals surface area contributed by atoms with Crippen molar-refractivity contribution < 1.29 is 9.18 Å². The van der Waals surface area contributed by atoms with Gasteiger partial charge >= 0.3 is 0 Å². The summed E-state index contributed by atoms with van der Waals surface area (Å²) in [7, 11) is 0. The molecule has 24 heavy (non-hydrogen) atoms. The molecule has 0 radical (unpaired) electrons. The van der Waals surface area contributed by atoms with E-state index in [2.05, 4.69) is 22.4 Å². The first-order valence-electron chi connectivity index (χ1n) is 7.68. The molecule has 1 heterocycles. The molecule has 1 aromatic heterocycles. The van der Waals surface area contributed by atoms with Gasteiger partial charge in [0, 0.05) is 5.75 Å². The van der Waals surface area contributed by atoms with E-state index in [1.165, 1.54) is 35.2 Å². The minimum Gasteiger partial charge on any atom is -0.349 e. The molecular weight excluding hydrogens is 365 g/mol. The standard InChI is InChI=1S/C16H20FN3OS3/c1-4-9-22-15-19-20-16(24-15)23-11(3)14(21)18-10(2)12-5-7-13(17)8-6-12/h5-8,10-11H,4,9H2,1-3H3,(H,18,21)/t10-,11+/m1/s1. The van der Waals surface area contributed by atoms with E-state index in [0.29, 0.717) is 0 Å². The Kier molecular flexibility index (Phi) is 7.51. The molecule has 130 valence electrons. The molecule has 0 aliphatic carbocycles. The molecule has 4 nitrogen and oxygen atoms in total. The lowest BCUT2D eigenvalue weighted by Crippen LogP contribution is -2.33. The van der Waals surface area contributed by atoms with Crippen LogP contribution >= 0.6 is 34.9 Å². The Hall–Kier alpha value is -1.12. The summed E-state index contributed by atoms with van der Waals surface area (Å²) in [4.78, 5) is 12.3. The van der Waals surface area contributed by atoms with Gasteiger partial charge < -0.3 is 5.32 Å². The number of rotatable bonds is 8. The van der Waals surface area contributed by atoms with Gasteiger partial charge in [0.15, 0.2) is 8.68 Å². The zero-order valence-corrected chi connectivity index (χ0v) is 16.2. The highest BCUT2D eigenvalue weighted by molar-refractivity contribution is 8.03. The number of benzene rings is 1. The van der Waals surface area contributed by atoms with Crippen molar-refractivity contribution >= 4 is 40.8 Å². The van der Waals surface area contributed by atoms with Crippen LogP contribution < -0.4 is 5.32 Å². The monoisotopic (exact) mass is 385 g/mol. The molecule has 0 aliphatic rings. The van der Waals surface area contributed by atoms with Crippen LogP contribution in [0.15, 0.2) is 32.9 Å². The number of nitrogens with zero attached hydrogens (tertiary/aromatic N) is 2. The molecule has 0 fully saturated rings. The number of carbonyl (C=O) groups excluding carboxylic acids is 1. The van der Waals surface area contributed by atoms with Crippen LogP contribution in [0.5, 0.6) is 0 Å². The SMILES string of the molecule is CCCSc1nnc(S[C@@H](C)C(=O)N[C@H](C)c2ccc(F)cc2)s1. The van der Waals surface area contributed by atoms with Crippen LogP contribution in [0.4, 0.5) is 4.39 Å². The number of hydrogen-bond donors (Lipinski definition) is 1. The summed E-state index contributed by atoms with van der Waals surface area (Å²) >= 11 is 4.61. The van der Waals surface area contributed by atoms with Crippen LogP contribution in [0.25, 0.3) is 0 Å². The van der Waals surface area contributed by atoms with E-state index in [4.69, 9.17) is 0 Å². The van der Waals surface area contributed by atoms with Gasteiger partial charge in [0.25, 0.3) is 0 Å². The van der Waals surface area contributed by atoms with E-state index in [1.54, 1.807) is 23.9 Å². The highest BCUT2D eigenvalue weighted by Gasteiger charge is 2.19. The molecule has 2 atom stereocenters. The third-order valence-corrected chi connectivity index (χ3v) is 6.64. The molecule has 1 amide bonds. The molecule has 0 saturated carbocycles. The predicted octanol–water partition coefficient (Wildman–Crippen LogP) is 4.54. The van der Waals surface area contributed by atoms with Gasteiger partial charge in [0.05, 0.1) is 11.3 Å². The quantitative estimate of drug-likeness (QED) is 0.676. The van der Waals surface area contributed by atoms with Crippen LogP contribution in [-0.2, 0) is 4.79 Å². The summed E-state index contributed by atoms with van der Waals surface area (Å²) in [6, 6.07) is 5.98. The van der Waals surface area contributed by atoms with Crippen LogP contribution in [-0.4, -0.2) is 27.1 Å². The topological polar surface area (TPSA) is 54.9 Å². The Morgan fingerprint density at radius 3 is 2.58 bits per heavy atom. The molecule has 1 N–H and O–H groups in total. The predicted molar refractivity (Wildman–Crippen MR) is 99.2 cm³/mol. The maximum Gasteiger partial charge on any atom is 0.233 e. The van der Waals surface area contributed by atoms with E-state index in [-0.39, 0.29) is 23.0 Å². The first kappa shape index (κ1) is 19.2. The van der Waals surface area contributed by atoms with Crippen molar-refractivity contribution in [3.8, 4) is 0 Å². The van der Waals surface area contributed by atoms with Gasteiger partial charge in [-0.15, -0.1) is 10.2 Å². The molecule has 0 unspecified atom stereocenters. The Morgan fingerprint density at radius 2 is 1.92 bits per heavy atom. The smallest absolute Gasteiger partial charge is 0.233 e. The summed E-state index contributed by atoms with van der Waals surface area (Å²) in [5.41, 5.74) is 0.871. The summed E-state index contributed by atoms with van der Waals surface area (Å²) in [6.07, 6.45) is 1.09. The van der Waals surface area contributed by atoms with Crippen LogP contribution in [0.1, 0.15) is 38.8 Å². The molecular formula is C16H20FN3OS3. The third kappa shape index (κ3) is 5.75. The van der Waals surface area contributed by atoms with E-state index in [9.17, 15) is 9.18 Å². The second-order valence-electron chi connectivity index (χ2n) is 5.22. The molecule has 2 rings (SSSR count). The normalized spacial score (nSPS) is 13.5. The molecule has 0 saturated heterocycles. The lowest BCUT2D eigenvalue weighted by atomic mass is 10.1. The Balaban J connectivity index is 1.87. The first-order valence-corrected chi connectivity index (χ1v) is 10.4. The van der Waals surface area contributed by atoms with Crippen molar-refractivity contribution in [3.63, 3.8) is 0 Å². The number of nitrogens with one attached hydrogen (secondary N) is 1. The second kappa shape index (κ2) is 9.39. The molecule has 0 bridgehead atoms. The second-order valence-corrected chi connectivity index (χ2v) is 9.13. The van der Waals surface area contributed by atoms with Crippen LogP contribution in [0.3, 0.4) is 0 Å². The number of halogens is 1. The molecule has 1 aromatic carbocycles. The van der Waals surface area contributed by atoms with Crippen LogP contribution in [0.2, 0.25) is 0 Å². The Bertz CT molecular complexity index is 663. The van der Waals surface area contributed by atoms with E-state index in [1.807, 2.05) is 13.8 Å². The lowest BCUT2D eigenvalue weighted by molar-refractivity contribution is -0.120. The average molecular weight is 386 g/mol. The van der Waals surface area contributed by atoms with Gasteiger partial charge in [-0.1, -0.05) is 53.9 Å². The maximum absolute atomic E-state index is 13.0. The van der Waals surface area contributed by atoms with Crippen molar-refractivity contribution in [2.75, 3.05) is 5.75 Å². The lowest BCUT2D eigenvalue weighted by Gasteiger charge is -2.17. The number of hydrogen-bond acceptors (Lipinski definition) is 6. The summed E-state index contributed by atoms with van der Waals surface area (Å²) in [5, 5.41) is 10.9. The number of amides is 1.